The van der Waals surface area contributed by atoms with Crippen LogP contribution in [-0.2, 0) is 10.8 Å². The third-order valence-electron chi connectivity index (χ3n) is 13.3. The molecule has 6 nitrogen and oxygen atoms in total. The minimum absolute atomic E-state index is 0.151. The van der Waals surface area contributed by atoms with Gasteiger partial charge < -0.3 is 28.8 Å². The highest BCUT2D eigenvalue weighted by molar-refractivity contribution is 6.10. The van der Waals surface area contributed by atoms with Crippen LogP contribution in [0.4, 0.5) is 0 Å². The molecule has 0 spiro atoms. The van der Waals surface area contributed by atoms with Crippen LogP contribution >= 0.6 is 0 Å². The fourth-order valence-electron chi connectivity index (χ4n) is 9.86. The van der Waals surface area contributed by atoms with Crippen LogP contribution in [0.15, 0.2) is 152 Å². The number of aromatic nitrogens is 2. The van der Waals surface area contributed by atoms with Gasteiger partial charge in [-0.2, -0.15) is 0 Å². The molecule has 0 fully saturated rings. The molecular weight excluding hydrogens is 825 g/mol. The summed E-state index contributed by atoms with van der Waals surface area (Å²) in [5, 5.41) is 29.5. The standard InChI is InChI=1S/C61H58N2O4/c1-37-30-47(57(64)54(32-37)62-50-22-14-10-18-42(50)43-19-11-15-23-51(43)62)46-35-40(60(4,5)6)26-27-56(46)66-28-29-67-59-39(3)34-41(61(7,8)9)36-49(59)48-31-38(2)33-55(58(48)65)63-52-24-16-12-20-44(52)45-21-13-17-25-53(45)63/h10-27,30-36,64-65H,28-29H2,1-9H3. The van der Waals surface area contributed by atoms with Crippen LogP contribution in [-0.4, -0.2) is 32.6 Å². The van der Waals surface area contributed by atoms with Crippen molar-refractivity contribution in [2.75, 3.05) is 13.2 Å². The lowest BCUT2D eigenvalue weighted by Gasteiger charge is -2.25. The number of hydrogen-bond donors (Lipinski definition) is 2. The van der Waals surface area contributed by atoms with E-state index < -0.39 is 0 Å². The molecule has 0 unspecified atom stereocenters. The van der Waals surface area contributed by atoms with Gasteiger partial charge in [0.1, 0.15) is 36.2 Å². The highest BCUT2D eigenvalue weighted by Crippen LogP contribution is 2.47. The molecule has 0 bridgehead atoms. The molecule has 0 aliphatic carbocycles. The predicted octanol–water partition coefficient (Wildman–Crippen LogP) is 15.6. The zero-order valence-electron chi connectivity index (χ0n) is 40.0. The number of hydrogen-bond acceptors (Lipinski definition) is 4. The molecule has 6 heteroatoms. The van der Waals surface area contributed by atoms with Crippen LogP contribution in [0.1, 0.15) is 69.4 Å². The first-order valence-electron chi connectivity index (χ1n) is 23.3. The van der Waals surface area contributed by atoms with E-state index in [1.54, 1.807) is 0 Å². The van der Waals surface area contributed by atoms with Crippen molar-refractivity contribution in [1.29, 1.82) is 0 Å². The lowest BCUT2D eigenvalue weighted by atomic mass is 9.83. The first-order chi connectivity index (χ1) is 32.1. The van der Waals surface area contributed by atoms with Crippen LogP contribution in [0, 0.1) is 20.8 Å². The number of aromatic hydroxyl groups is 2. The molecule has 336 valence electrons. The van der Waals surface area contributed by atoms with Crippen molar-refractivity contribution in [3.63, 3.8) is 0 Å². The number of phenolic OH excluding ortho intramolecular Hbond substituents is 2. The Bertz CT molecular complexity index is 3450. The number of nitrogens with zero attached hydrogens (tertiary/aromatic N) is 2. The van der Waals surface area contributed by atoms with Crippen LogP contribution in [0.3, 0.4) is 0 Å². The van der Waals surface area contributed by atoms with Crippen LogP contribution < -0.4 is 9.47 Å². The second-order valence-electron chi connectivity index (χ2n) is 20.2. The van der Waals surface area contributed by atoms with E-state index in [4.69, 9.17) is 9.47 Å². The summed E-state index contributed by atoms with van der Waals surface area (Å²) in [6.07, 6.45) is 0. The van der Waals surface area contributed by atoms with Gasteiger partial charge in [0.2, 0.25) is 0 Å². The maximum Gasteiger partial charge on any atom is 0.147 e. The fraction of sp³-hybridized carbons (Fsp3) is 0.213. The Labute approximate surface area is 393 Å². The maximum atomic E-state index is 12.5. The number of phenols is 2. The monoisotopic (exact) mass is 882 g/mol. The van der Waals surface area contributed by atoms with E-state index in [0.29, 0.717) is 34.0 Å². The minimum Gasteiger partial charge on any atom is -0.505 e. The van der Waals surface area contributed by atoms with E-state index in [1.165, 1.54) is 0 Å². The number of fused-ring (bicyclic) bond motifs is 6. The van der Waals surface area contributed by atoms with Crippen LogP contribution in [0.2, 0.25) is 0 Å². The molecule has 8 aromatic carbocycles. The number of para-hydroxylation sites is 4. The Morgan fingerprint density at radius 2 is 0.821 bits per heavy atom. The molecule has 2 heterocycles. The first kappa shape index (κ1) is 43.5. The molecule has 0 saturated carbocycles. The number of rotatable bonds is 9. The first-order valence-corrected chi connectivity index (χ1v) is 23.3. The van der Waals surface area contributed by atoms with Crippen molar-refractivity contribution in [3.8, 4) is 56.6 Å². The van der Waals surface area contributed by atoms with E-state index in [0.717, 1.165) is 82.6 Å². The van der Waals surface area contributed by atoms with Gasteiger partial charge in [-0.3, -0.25) is 0 Å². The Balaban J connectivity index is 1.03. The lowest BCUT2D eigenvalue weighted by Crippen LogP contribution is -2.14. The van der Waals surface area contributed by atoms with E-state index in [2.05, 4.69) is 187 Å². The largest absolute Gasteiger partial charge is 0.505 e. The summed E-state index contributed by atoms with van der Waals surface area (Å²) < 4.78 is 17.8. The lowest BCUT2D eigenvalue weighted by molar-refractivity contribution is 0.217. The third kappa shape index (κ3) is 7.64. The van der Waals surface area contributed by atoms with Gasteiger partial charge in [-0.15, -0.1) is 0 Å². The average Bonchev–Trinajstić information content (AvgIpc) is 3.82. The SMILES string of the molecule is Cc1cc(-c2cc(C(C)(C)C)ccc2OCCOc2c(C)cc(C(C)(C)C)cc2-c2cc(C)cc(-n3c4ccccc4c4ccccc43)c2O)c(O)c(-n2c3ccccc3c3ccccc32)c1. The van der Waals surface area contributed by atoms with Gasteiger partial charge in [-0.1, -0.05) is 126 Å². The molecule has 0 aliphatic rings. The summed E-state index contributed by atoms with van der Waals surface area (Å²) in [7, 11) is 0. The fourth-order valence-corrected chi connectivity index (χ4v) is 9.86. The van der Waals surface area contributed by atoms with E-state index in [-0.39, 0.29) is 35.5 Å². The summed E-state index contributed by atoms with van der Waals surface area (Å²) in [4.78, 5) is 0. The van der Waals surface area contributed by atoms with Crippen molar-refractivity contribution < 1.29 is 19.7 Å². The Morgan fingerprint density at radius 3 is 1.27 bits per heavy atom. The van der Waals surface area contributed by atoms with Crippen LogP contribution in [0.5, 0.6) is 23.0 Å². The van der Waals surface area contributed by atoms with Gasteiger partial charge in [0.25, 0.3) is 0 Å². The highest BCUT2D eigenvalue weighted by atomic mass is 16.5. The molecule has 0 aliphatic heterocycles. The number of aryl methyl sites for hydroxylation is 3. The van der Waals surface area contributed by atoms with Gasteiger partial charge in [-0.05, 0) is 126 Å². The molecular formula is C61H58N2O4. The van der Waals surface area contributed by atoms with Crippen molar-refractivity contribution in [2.24, 2.45) is 0 Å². The quantitative estimate of drug-likeness (QED) is 0.142. The topological polar surface area (TPSA) is 68.8 Å². The molecule has 0 amide bonds. The third-order valence-corrected chi connectivity index (χ3v) is 13.3. The maximum absolute atomic E-state index is 12.5. The molecule has 10 rings (SSSR count). The zero-order valence-corrected chi connectivity index (χ0v) is 40.0. The molecule has 0 atom stereocenters. The van der Waals surface area contributed by atoms with E-state index in [1.807, 2.05) is 36.4 Å². The normalized spacial score (nSPS) is 12.2. The van der Waals surface area contributed by atoms with Crippen molar-refractivity contribution in [3.05, 3.63) is 179 Å². The Hall–Kier alpha value is -7.44. The van der Waals surface area contributed by atoms with Gasteiger partial charge in [0.05, 0.1) is 33.4 Å². The van der Waals surface area contributed by atoms with Crippen LogP contribution in [0.25, 0.3) is 77.2 Å². The van der Waals surface area contributed by atoms with Crippen molar-refractivity contribution >= 4 is 43.6 Å². The minimum atomic E-state index is -0.158. The highest BCUT2D eigenvalue weighted by Gasteiger charge is 2.26. The summed E-state index contributed by atoms with van der Waals surface area (Å²) in [5.41, 5.74) is 13.5. The molecule has 67 heavy (non-hydrogen) atoms. The summed E-state index contributed by atoms with van der Waals surface area (Å²) in [6.45, 7) is 19.9. The van der Waals surface area contributed by atoms with Crippen molar-refractivity contribution in [1.82, 2.24) is 9.13 Å². The molecule has 0 radical (unpaired) electrons. The predicted molar refractivity (Wildman–Crippen MR) is 278 cm³/mol. The van der Waals surface area contributed by atoms with Gasteiger partial charge in [-0.25, -0.2) is 0 Å². The van der Waals surface area contributed by atoms with E-state index in [9.17, 15) is 10.2 Å². The Morgan fingerprint density at radius 1 is 0.418 bits per heavy atom. The summed E-state index contributed by atoms with van der Waals surface area (Å²) in [5.74, 6) is 1.71. The van der Waals surface area contributed by atoms with Gasteiger partial charge in [0.15, 0.2) is 0 Å². The summed E-state index contributed by atoms with van der Waals surface area (Å²) in [6, 6.07) is 52.3. The summed E-state index contributed by atoms with van der Waals surface area (Å²) >= 11 is 0. The molecule has 2 N–H and O–H groups in total. The van der Waals surface area contributed by atoms with E-state index >= 15 is 0 Å². The van der Waals surface area contributed by atoms with Crippen molar-refractivity contribution in [2.45, 2.75) is 73.1 Å². The molecule has 10 aromatic rings. The molecule has 2 aromatic heterocycles. The Kier molecular flexibility index (Phi) is 10.7. The molecule has 0 saturated heterocycles. The number of ether oxygens (including phenoxy) is 2. The average molecular weight is 883 g/mol. The van der Waals surface area contributed by atoms with Gasteiger partial charge in [0, 0.05) is 43.8 Å². The van der Waals surface area contributed by atoms with Gasteiger partial charge >= 0.3 is 0 Å². The number of benzene rings is 8. The smallest absolute Gasteiger partial charge is 0.147 e. The second kappa shape index (κ2) is 16.5. The second-order valence-corrected chi connectivity index (χ2v) is 20.2. The zero-order chi connectivity index (χ0) is 46.9.